The summed E-state index contributed by atoms with van der Waals surface area (Å²) in [6.07, 6.45) is 5.97. The zero-order chi connectivity index (χ0) is 10.8. The summed E-state index contributed by atoms with van der Waals surface area (Å²) in [4.78, 5) is 4.42. The maximum absolute atomic E-state index is 4.42. The molecule has 1 unspecified atom stereocenters. The molecule has 2 heteroatoms. The normalized spacial score (nSPS) is 25.1. The summed E-state index contributed by atoms with van der Waals surface area (Å²) in [6, 6.07) is 11.3. The third kappa shape index (κ3) is 1.90. The standard InChI is InChI=1S/C14H18N2/c1-2-4-12(5-3-1)6-9-16-13-10-15-11-14(13)7-8-14/h1-5,11,13,16H,6-10H2. The largest absolute Gasteiger partial charge is 0.311 e. The van der Waals surface area contributed by atoms with E-state index in [9.17, 15) is 0 Å². The van der Waals surface area contributed by atoms with Crippen molar-refractivity contribution >= 4 is 6.21 Å². The smallest absolute Gasteiger partial charge is 0.0548 e. The molecule has 1 aromatic carbocycles. The van der Waals surface area contributed by atoms with Crippen molar-refractivity contribution in [3.63, 3.8) is 0 Å². The molecule has 1 atom stereocenters. The summed E-state index contributed by atoms with van der Waals surface area (Å²) in [5.74, 6) is 0. The molecule has 2 aliphatic rings. The zero-order valence-electron chi connectivity index (χ0n) is 9.52. The number of nitrogens with one attached hydrogen (secondary N) is 1. The van der Waals surface area contributed by atoms with E-state index in [1.807, 2.05) is 0 Å². The van der Waals surface area contributed by atoms with Crippen molar-refractivity contribution in [1.29, 1.82) is 0 Å². The Labute approximate surface area is 96.8 Å². The quantitative estimate of drug-likeness (QED) is 0.815. The molecule has 1 aromatic rings. The average Bonchev–Trinajstić information content (AvgIpc) is 2.98. The lowest BCUT2D eigenvalue weighted by Crippen LogP contribution is -2.38. The molecule has 1 fully saturated rings. The minimum absolute atomic E-state index is 0.455. The monoisotopic (exact) mass is 214 g/mol. The van der Waals surface area contributed by atoms with E-state index in [1.54, 1.807) is 0 Å². The Hall–Kier alpha value is -1.15. The molecule has 1 spiro atoms. The van der Waals surface area contributed by atoms with Gasteiger partial charge in [0, 0.05) is 17.7 Å². The van der Waals surface area contributed by atoms with Crippen LogP contribution >= 0.6 is 0 Å². The summed E-state index contributed by atoms with van der Waals surface area (Å²) in [6.45, 7) is 2.05. The Morgan fingerprint density at radius 1 is 1.25 bits per heavy atom. The molecule has 0 amide bonds. The highest BCUT2D eigenvalue weighted by Gasteiger charge is 2.50. The minimum Gasteiger partial charge on any atom is -0.311 e. The van der Waals surface area contributed by atoms with Gasteiger partial charge >= 0.3 is 0 Å². The van der Waals surface area contributed by atoms with Crippen LogP contribution in [0, 0.1) is 5.41 Å². The van der Waals surface area contributed by atoms with Crippen LogP contribution in [0.25, 0.3) is 0 Å². The Bertz CT molecular complexity index is 379. The summed E-state index contributed by atoms with van der Waals surface area (Å²) < 4.78 is 0. The number of aliphatic imine (C=N–C) groups is 1. The van der Waals surface area contributed by atoms with E-state index in [0.717, 1.165) is 19.5 Å². The van der Waals surface area contributed by atoms with Crippen LogP contribution in [0.3, 0.4) is 0 Å². The Balaban J connectivity index is 1.48. The number of nitrogens with zero attached hydrogens (tertiary/aromatic N) is 1. The highest BCUT2D eigenvalue weighted by Crippen LogP contribution is 2.49. The number of benzene rings is 1. The second-order valence-electron chi connectivity index (χ2n) is 4.97. The van der Waals surface area contributed by atoms with Gasteiger partial charge in [-0.2, -0.15) is 0 Å². The predicted octanol–water partition coefficient (Wildman–Crippen LogP) is 2.05. The van der Waals surface area contributed by atoms with Gasteiger partial charge in [0.1, 0.15) is 0 Å². The van der Waals surface area contributed by atoms with Crippen LogP contribution in [0.1, 0.15) is 18.4 Å². The van der Waals surface area contributed by atoms with E-state index >= 15 is 0 Å². The molecular weight excluding hydrogens is 196 g/mol. The van der Waals surface area contributed by atoms with Crippen molar-refractivity contribution in [1.82, 2.24) is 5.32 Å². The highest BCUT2D eigenvalue weighted by molar-refractivity contribution is 5.73. The third-order valence-corrected chi connectivity index (χ3v) is 3.80. The van der Waals surface area contributed by atoms with Gasteiger partial charge in [-0.1, -0.05) is 30.3 Å². The van der Waals surface area contributed by atoms with Crippen LogP contribution in [-0.2, 0) is 6.42 Å². The molecule has 0 radical (unpaired) electrons. The van der Waals surface area contributed by atoms with Crippen LogP contribution in [0.5, 0.6) is 0 Å². The molecule has 3 rings (SSSR count). The fourth-order valence-electron chi connectivity index (χ4n) is 2.54. The fourth-order valence-corrected chi connectivity index (χ4v) is 2.54. The first-order valence-electron chi connectivity index (χ1n) is 6.17. The van der Waals surface area contributed by atoms with Gasteiger partial charge < -0.3 is 5.32 Å². The van der Waals surface area contributed by atoms with E-state index < -0.39 is 0 Å². The first-order chi connectivity index (χ1) is 7.89. The molecule has 84 valence electrons. The van der Waals surface area contributed by atoms with Crippen molar-refractivity contribution in [3.8, 4) is 0 Å². The van der Waals surface area contributed by atoms with Crippen LogP contribution in [0.2, 0.25) is 0 Å². The number of hydrogen-bond acceptors (Lipinski definition) is 2. The number of rotatable bonds is 4. The lowest BCUT2D eigenvalue weighted by Gasteiger charge is -2.18. The molecule has 1 saturated carbocycles. The first-order valence-corrected chi connectivity index (χ1v) is 6.17. The van der Waals surface area contributed by atoms with Crippen LogP contribution in [-0.4, -0.2) is 25.3 Å². The lowest BCUT2D eigenvalue weighted by molar-refractivity contribution is 0.451. The number of hydrogen-bond donors (Lipinski definition) is 1. The zero-order valence-corrected chi connectivity index (χ0v) is 9.52. The van der Waals surface area contributed by atoms with E-state index in [-0.39, 0.29) is 0 Å². The van der Waals surface area contributed by atoms with Gasteiger partial charge in [0.2, 0.25) is 0 Å². The second kappa shape index (κ2) is 4.02. The Morgan fingerprint density at radius 3 is 2.81 bits per heavy atom. The molecule has 1 N–H and O–H groups in total. The fraction of sp³-hybridized carbons (Fsp3) is 0.500. The van der Waals surface area contributed by atoms with E-state index in [0.29, 0.717) is 11.5 Å². The van der Waals surface area contributed by atoms with Gasteiger partial charge in [0.05, 0.1) is 6.54 Å². The van der Waals surface area contributed by atoms with Crippen LogP contribution in [0.4, 0.5) is 0 Å². The Morgan fingerprint density at radius 2 is 2.06 bits per heavy atom. The van der Waals surface area contributed by atoms with Crippen molar-refractivity contribution in [3.05, 3.63) is 35.9 Å². The van der Waals surface area contributed by atoms with E-state index in [4.69, 9.17) is 0 Å². The second-order valence-corrected chi connectivity index (χ2v) is 4.97. The summed E-state index contributed by atoms with van der Waals surface area (Å²) in [7, 11) is 0. The molecule has 0 aromatic heterocycles. The van der Waals surface area contributed by atoms with Crippen LogP contribution < -0.4 is 5.32 Å². The molecular formula is C14H18N2. The average molecular weight is 214 g/mol. The van der Waals surface area contributed by atoms with Crippen molar-refractivity contribution in [2.75, 3.05) is 13.1 Å². The maximum Gasteiger partial charge on any atom is 0.0548 e. The highest BCUT2D eigenvalue weighted by atomic mass is 15.0. The first kappa shape index (κ1) is 10.0. The SMILES string of the molecule is C1=NCC(NCCc2ccccc2)C12CC2. The molecule has 0 bridgehead atoms. The van der Waals surface area contributed by atoms with Gasteiger partial charge in [-0.25, -0.2) is 0 Å². The summed E-state index contributed by atoms with van der Waals surface area (Å²) >= 11 is 0. The summed E-state index contributed by atoms with van der Waals surface area (Å²) in [5, 5.41) is 3.66. The molecule has 1 heterocycles. The summed E-state index contributed by atoms with van der Waals surface area (Å²) in [5.41, 5.74) is 1.87. The van der Waals surface area contributed by atoms with Crippen molar-refractivity contribution in [2.45, 2.75) is 25.3 Å². The molecule has 1 aliphatic carbocycles. The van der Waals surface area contributed by atoms with Gasteiger partial charge in [0.15, 0.2) is 0 Å². The van der Waals surface area contributed by atoms with Gasteiger partial charge in [-0.3, -0.25) is 4.99 Å². The Kier molecular flexibility index (Phi) is 2.52. The topological polar surface area (TPSA) is 24.4 Å². The lowest BCUT2D eigenvalue weighted by atomic mass is 10.0. The molecule has 2 nitrogen and oxygen atoms in total. The van der Waals surface area contributed by atoms with E-state index in [2.05, 4.69) is 46.9 Å². The maximum atomic E-state index is 4.42. The molecule has 1 aliphatic heterocycles. The van der Waals surface area contributed by atoms with E-state index in [1.165, 1.54) is 18.4 Å². The van der Waals surface area contributed by atoms with Gasteiger partial charge in [-0.15, -0.1) is 0 Å². The predicted molar refractivity (Wildman–Crippen MR) is 67.0 cm³/mol. The molecule has 0 saturated heterocycles. The van der Waals surface area contributed by atoms with Crippen molar-refractivity contribution < 1.29 is 0 Å². The minimum atomic E-state index is 0.455. The van der Waals surface area contributed by atoms with Crippen LogP contribution in [0.15, 0.2) is 35.3 Å². The van der Waals surface area contributed by atoms with Gasteiger partial charge in [0.25, 0.3) is 0 Å². The van der Waals surface area contributed by atoms with Crippen molar-refractivity contribution in [2.24, 2.45) is 10.4 Å². The molecule has 16 heavy (non-hydrogen) atoms. The van der Waals surface area contributed by atoms with Gasteiger partial charge in [-0.05, 0) is 31.4 Å². The third-order valence-electron chi connectivity index (χ3n) is 3.80.